The molecule has 2 N–H and O–H groups in total. The number of nitrogens with zero attached hydrogens (tertiary/aromatic N) is 1. The summed E-state index contributed by atoms with van der Waals surface area (Å²) in [7, 11) is 5.19. The van der Waals surface area contributed by atoms with E-state index in [2.05, 4.69) is 15.6 Å². The van der Waals surface area contributed by atoms with Crippen LogP contribution in [0.5, 0.6) is 5.75 Å². The standard InChI is InChI=1S/C12H18ClN3O.HI/c1-14-12(15-2)16-7-6-9-4-5-10(17-3)8-11(9)13;/h4-5,8H,6-7H2,1-3H3,(H2,14,15,16);1H. The second kappa shape index (κ2) is 9.27. The molecular formula is C12H19ClIN3O. The van der Waals surface area contributed by atoms with Crippen molar-refractivity contribution in [3.8, 4) is 5.75 Å². The lowest BCUT2D eigenvalue weighted by Crippen LogP contribution is -2.35. The predicted molar refractivity (Wildman–Crippen MR) is 87.5 cm³/mol. The van der Waals surface area contributed by atoms with Gasteiger partial charge in [0.15, 0.2) is 5.96 Å². The fourth-order valence-corrected chi connectivity index (χ4v) is 1.72. The Morgan fingerprint density at radius 3 is 2.67 bits per heavy atom. The molecule has 0 amide bonds. The van der Waals surface area contributed by atoms with Gasteiger partial charge in [-0.15, -0.1) is 24.0 Å². The summed E-state index contributed by atoms with van der Waals surface area (Å²) in [4.78, 5) is 4.03. The minimum Gasteiger partial charge on any atom is -0.497 e. The Labute approximate surface area is 130 Å². The largest absolute Gasteiger partial charge is 0.497 e. The van der Waals surface area contributed by atoms with Crippen molar-refractivity contribution in [2.24, 2.45) is 4.99 Å². The molecule has 102 valence electrons. The number of hydrogen-bond donors (Lipinski definition) is 2. The third-order valence-corrected chi connectivity index (χ3v) is 2.76. The van der Waals surface area contributed by atoms with E-state index >= 15 is 0 Å². The molecule has 0 saturated carbocycles. The van der Waals surface area contributed by atoms with E-state index in [1.807, 2.05) is 25.2 Å². The second-order valence-electron chi connectivity index (χ2n) is 3.46. The first kappa shape index (κ1) is 17.3. The van der Waals surface area contributed by atoms with Crippen LogP contribution >= 0.6 is 35.6 Å². The molecule has 1 aromatic rings. The maximum absolute atomic E-state index is 6.14. The number of rotatable bonds is 4. The predicted octanol–water partition coefficient (Wildman–Crippen LogP) is 2.30. The molecule has 0 heterocycles. The summed E-state index contributed by atoms with van der Waals surface area (Å²) in [5.74, 6) is 1.55. The summed E-state index contributed by atoms with van der Waals surface area (Å²) in [5, 5.41) is 6.86. The average molecular weight is 384 g/mol. The second-order valence-corrected chi connectivity index (χ2v) is 3.86. The van der Waals surface area contributed by atoms with Crippen LogP contribution in [0.4, 0.5) is 0 Å². The summed E-state index contributed by atoms with van der Waals surface area (Å²) >= 11 is 6.14. The van der Waals surface area contributed by atoms with Crippen LogP contribution < -0.4 is 15.4 Å². The van der Waals surface area contributed by atoms with Crippen LogP contribution in [0.15, 0.2) is 23.2 Å². The summed E-state index contributed by atoms with van der Waals surface area (Å²) in [6, 6.07) is 5.71. The van der Waals surface area contributed by atoms with E-state index in [0.717, 1.165) is 35.3 Å². The molecule has 0 radical (unpaired) electrons. The first-order chi connectivity index (χ1) is 8.21. The molecule has 0 aliphatic heterocycles. The number of halogens is 2. The van der Waals surface area contributed by atoms with E-state index < -0.39 is 0 Å². The molecule has 0 bridgehead atoms. The van der Waals surface area contributed by atoms with Gasteiger partial charge in [0, 0.05) is 25.7 Å². The number of methoxy groups -OCH3 is 1. The molecule has 0 atom stereocenters. The normalized spacial score (nSPS) is 10.6. The van der Waals surface area contributed by atoms with Gasteiger partial charge >= 0.3 is 0 Å². The van der Waals surface area contributed by atoms with Crippen molar-refractivity contribution >= 4 is 41.5 Å². The van der Waals surface area contributed by atoms with Gasteiger partial charge in [-0.2, -0.15) is 0 Å². The van der Waals surface area contributed by atoms with Gasteiger partial charge in [0.2, 0.25) is 0 Å². The van der Waals surface area contributed by atoms with E-state index in [-0.39, 0.29) is 24.0 Å². The topological polar surface area (TPSA) is 45.7 Å². The first-order valence-corrected chi connectivity index (χ1v) is 5.80. The molecule has 0 unspecified atom stereocenters. The quantitative estimate of drug-likeness (QED) is 0.476. The number of nitrogens with one attached hydrogen (secondary N) is 2. The fraction of sp³-hybridized carbons (Fsp3) is 0.417. The first-order valence-electron chi connectivity index (χ1n) is 5.42. The van der Waals surface area contributed by atoms with Crippen molar-refractivity contribution in [3.05, 3.63) is 28.8 Å². The Morgan fingerprint density at radius 1 is 1.44 bits per heavy atom. The van der Waals surface area contributed by atoms with E-state index in [1.54, 1.807) is 14.2 Å². The molecule has 0 aromatic heterocycles. The molecule has 1 rings (SSSR count). The molecule has 1 aromatic carbocycles. The lowest BCUT2D eigenvalue weighted by molar-refractivity contribution is 0.414. The van der Waals surface area contributed by atoms with Gasteiger partial charge in [0.1, 0.15) is 5.75 Å². The van der Waals surface area contributed by atoms with Gasteiger partial charge in [-0.1, -0.05) is 17.7 Å². The molecule has 0 aliphatic rings. The SMILES string of the molecule is CN=C(NC)NCCc1ccc(OC)cc1Cl.I. The van der Waals surface area contributed by atoms with Crippen LogP contribution in [0.25, 0.3) is 0 Å². The maximum atomic E-state index is 6.14. The Hall–Kier alpha value is -0.690. The summed E-state index contributed by atoms with van der Waals surface area (Å²) in [5.41, 5.74) is 1.09. The number of ether oxygens (including phenoxy) is 1. The molecular weight excluding hydrogens is 365 g/mol. The van der Waals surface area contributed by atoms with Crippen LogP contribution in [-0.4, -0.2) is 33.7 Å². The number of aliphatic imine (C=N–C) groups is 1. The monoisotopic (exact) mass is 383 g/mol. The van der Waals surface area contributed by atoms with Crippen LogP contribution in [0.2, 0.25) is 5.02 Å². The van der Waals surface area contributed by atoms with Crippen LogP contribution in [0.1, 0.15) is 5.56 Å². The molecule has 0 spiro atoms. The third kappa shape index (κ3) is 5.30. The van der Waals surface area contributed by atoms with E-state index in [9.17, 15) is 0 Å². The van der Waals surface area contributed by atoms with Gasteiger partial charge in [-0.25, -0.2) is 0 Å². The van der Waals surface area contributed by atoms with Gasteiger partial charge < -0.3 is 15.4 Å². The molecule has 4 nitrogen and oxygen atoms in total. The zero-order chi connectivity index (χ0) is 12.7. The molecule has 0 fully saturated rings. The highest BCUT2D eigenvalue weighted by atomic mass is 127. The van der Waals surface area contributed by atoms with Crippen molar-refractivity contribution in [1.29, 1.82) is 0 Å². The zero-order valence-electron chi connectivity index (χ0n) is 10.8. The van der Waals surface area contributed by atoms with E-state index in [4.69, 9.17) is 16.3 Å². The lowest BCUT2D eigenvalue weighted by Gasteiger charge is -2.10. The molecule has 0 aliphatic carbocycles. The lowest BCUT2D eigenvalue weighted by atomic mass is 10.1. The smallest absolute Gasteiger partial charge is 0.190 e. The summed E-state index contributed by atoms with van der Waals surface area (Å²) in [6.45, 7) is 0.777. The summed E-state index contributed by atoms with van der Waals surface area (Å²) < 4.78 is 5.10. The van der Waals surface area contributed by atoms with Crippen molar-refractivity contribution < 1.29 is 4.74 Å². The molecule has 18 heavy (non-hydrogen) atoms. The van der Waals surface area contributed by atoms with Crippen molar-refractivity contribution in [2.45, 2.75) is 6.42 Å². The Morgan fingerprint density at radius 2 is 2.17 bits per heavy atom. The Kier molecular flexibility index (Phi) is 8.91. The highest BCUT2D eigenvalue weighted by Gasteiger charge is 2.02. The van der Waals surface area contributed by atoms with Crippen molar-refractivity contribution in [3.63, 3.8) is 0 Å². The van der Waals surface area contributed by atoms with Crippen LogP contribution in [0.3, 0.4) is 0 Å². The molecule has 0 saturated heterocycles. The highest BCUT2D eigenvalue weighted by Crippen LogP contribution is 2.22. The van der Waals surface area contributed by atoms with Crippen LogP contribution in [-0.2, 0) is 6.42 Å². The fourth-order valence-electron chi connectivity index (χ4n) is 1.45. The Balaban J connectivity index is 0.00000289. The molecule has 6 heteroatoms. The van der Waals surface area contributed by atoms with Gasteiger partial charge in [-0.05, 0) is 24.1 Å². The van der Waals surface area contributed by atoms with Gasteiger partial charge in [-0.3, -0.25) is 4.99 Å². The van der Waals surface area contributed by atoms with Gasteiger partial charge in [0.25, 0.3) is 0 Å². The number of hydrogen-bond acceptors (Lipinski definition) is 2. The maximum Gasteiger partial charge on any atom is 0.190 e. The van der Waals surface area contributed by atoms with E-state index in [0.29, 0.717) is 0 Å². The van der Waals surface area contributed by atoms with E-state index in [1.165, 1.54) is 0 Å². The van der Waals surface area contributed by atoms with Crippen LogP contribution in [0, 0.1) is 0 Å². The zero-order valence-corrected chi connectivity index (χ0v) is 13.9. The van der Waals surface area contributed by atoms with Gasteiger partial charge in [0.05, 0.1) is 7.11 Å². The third-order valence-electron chi connectivity index (χ3n) is 2.41. The summed E-state index contributed by atoms with van der Waals surface area (Å²) in [6.07, 6.45) is 0.837. The van der Waals surface area contributed by atoms with Crippen molar-refractivity contribution in [1.82, 2.24) is 10.6 Å². The highest BCUT2D eigenvalue weighted by molar-refractivity contribution is 14.0. The van der Waals surface area contributed by atoms with Crippen molar-refractivity contribution in [2.75, 3.05) is 27.7 Å². The minimum absolute atomic E-state index is 0. The average Bonchev–Trinajstić information content (AvgIpc) is 2.36. The minimum atomic E-state index is 0. The number of benzene rings is 1. The Bertz CT molecular complexity index is 399. The number of guanidine groups is 1.